The predicted octanol–water partition coefficient (Wildman–Crippen LogP) is 33.3. The van der Waals surface area contributed by atoms with Gasteiger partial charge in [0, 0.05) is 98.2 Å². The van der Waals surface area contributed by atoms with Gasteiger partial charge in [0.1, 0.15) is 0 Å². The summed E-state index contributed by atoms with van der Waals surface area (Å²) in [7, 11) is 0. The molecule has 0 aliphatic rings. The van der Waals surface area contributed by atoms with Gasteiger partial charge in [0.15, 0.2) is 0 Å². The molecule has 6 heteroatoms. The minimum Gasteiger partial charge on any atom is -0.309 e. The van der Waals surface area contributed by atoms with Crippen LogP contribution in [0.25, 0.3) is 241 Å². The van der Waals surface area contributed by atoms with Gasteiger partial charge in [-0.1, -0.05) is 315 Å². The number of rotatable bonds is 9. The second-order valence-corrected chi connectivity index (χ2v) is 34.2. The van der Waals surface area contributed by atoms with Crippen molar-refractivity contribution in [3.8, 4) is 67.5 Å². The number of benzene rings is 22. The van der Waals surface area contributed by atoms with Crippen LogP contribution in [0, 0.1) is 0 Å². The van der Waals surface area contributed by atoms with E-state index in [0.717, 1.165) is 0 Å². The van der Waals surface area contributed by atoms with Crippen molar-refractivity contribution >= 4 is 174 Å². The molecule has 22 aromatic carbocycles. The Bertz CT molecular complexity index is 8900. The summed E-state index contributed by atoms with van der Waals surface area (Å²) in [6, 6.07) is 177. The van der Waals surface area contributed by atoms with E-state index in [-0.39, 0.29) is 0 Å². The number of hydrogen-bond donors (Lipinski definition) is 0. The molecule has 0 bridgehead atoms. The first-order chi connectivity index (χ1) is 64.5. The van der Waals surface area contributed by atoms with Gasteiger partial charge in [0.05, 0.1) is 77.6 Å². The maximum absolute atomic E-state index is 2.43. The average Bonchev–Trinajstić information content (AvgIpc) is 1.57. The number of aromatic nitrogens is 6. The van der Waals surface area contributed by atoms with E-state index in [2.05, 4.69) is 513 Å². The summed E-state index contributed by atoms with van der Waals surface area (Å²) in [4.78, 5) is 0. The first-order valence-electron chi connectivity index (χ1n) is 44.8. The lowest BCUT2D eigenvalue weighted by atomic mass is 10.0. The molecule has 0 radical (unpaired) electrons. The molecule has 6 aromatic heterocycles. The lowest BCUT2D eigenvalue weighted by Gasteiger charge is -2.12. The molecule has 0 atom stereocenters. The SMILES string of the molecule is c1ccc(-n2c3ccccc3c3cc(-c4ccc5c(c4)c4ccccc4n5-c4ccccc4)ccc32)cc1.c1ccc2c(-n3c4ccccc4c4cc(-c5ccc6c(c5)c5ccccc5n6-c5cccc6ccccc56)ccc43)cccc2c1.c1ccc2cc(-n3c4ccccc4c4cc(-c5ccc6c(c5)c5ccccc5n6-c5ccc6ccccc6c5)ccc43)ccc2c1. The van der Waals surface area contributed by atoms with Crippen LogP contribution in [0.2, 0.25) is 0 Å². The van der Waals surface area contributed by atoms with Crippen molar-refractivity contribution in [1.29, 1.82) is 0 Å². The minimum absolute atomic E-state index is 1.18. The van der Waals surface area contributed by atoms with E-state index in [1.165, 1.54) is 241 Å². The Morgan fingerprint density at radius 3 is 0.600 bits per heavy atom. The molecule has 28 aromatic rings. The molecular weight excluding hydrogens is 1570 g/mol. The second kappa shape index (κ2) is 30.2. The topological polar surface area (TPSA) is 29.6 Å². The second-order valence-electron chi connectivity index (χ2n) is 34.2. The third-order valence-corrected chi connectivity index (χ3v) is 27.1. The summed E-state index contributed by atoms with van der Waals surface area (Å²) in [5, 5.41) is 25.2. The van der Waals surface area contributed by atoms with Crippen LogP contribution in [0.5, 0.6) is 0 Å². The van der Waals surface area contributed by atoms with Crippen molar-refractivity contribution in [3.63, 3.8) is 0 Å². The summed E-state index contributed by atoms with van der Waals surface area (Å²) in [5.41, 5.74) is 29.1. The third-order valence-electron chi connectivity index (χ3n) is 27.1. The monoisotopic (exact) mass is 1650 g/mol. The van der Waals surface area contributed by atoms with E-state index in [1.54, 1.807) is 0 Å². The Kier molecular flexibility index (Phi) is 17.2. The molecule has 0 saturated carbocycles. The zero-order valence-corrected chi connectivity index (χ0v) is 70.9. The number of hydrogen-bond acceptors (Lipinski definition) is 0. The highest BCUT2D eigenvalue weighted by Crippen LogP contribution is 2.45. The first-order valence-corrected chi connectivity index (χ1v) is 44.8. The Morgan fingerprint density at radius 1 is 0.100 bits per heavy atom. The fourth-order valence-electron chi connectivity index (χ4n) is 21.1. The third kappa shape index (κ3) is 12.0. The lowest BCUT2D eigenvalue weighted by Crippen LogP contribution is -1.95. The highest BCUT2D eigenvalue weighted by Gasteiger charge is 2.23. The van der Waals surface area contributed by atoms with E-state index < -0.39 is 0 Å². The molecule has 6 nitrogen and oxygen atoms in total. The molecule has 606 valence electrons. The largest absolute Gasteiger partial charge is 0.309 e. The molecule has 0 fully saturated rings. The summed E-state index contributed by atoms with van der Waals surface area (Å²) in [6.07, 6.45) is 0. The number of para-hydroxylation sites is 8. The number of nitrogens with zero attached hydrogens (tertiary/aromatic N) is 6. The quantitative estimate of drug-likeness (QED) is 0.138. The zero-order chi connectivity index (χ0) is 85.4. The van der Waals surface area contributed by atoms with Crippen molar-refractivity contribution in [1.82, 2.24) is 27.4 Å². The molecule has 0 N–H and O–H groups in total. The van der Waals surface area contributed by atoms with Gasteiger partial charge < -0.3 is 27.4 Å². The van der Waals surface area contributed by atoms with Gasteiger partial charge in [-0.15, -0.1) is 0 Å². The Balaban J connectivity index is 0.000000103. The van der Waals surface area contributed by atoms with Crippen molar-refractivity contribution in [2.24, 2.45) is 0 Å². The van der Waals surface area contributed by atoms with Gasteiger partial charge in [0.2, 0.25) is 0 Å². The summed E-state index contributed by atoms with van der Waals surface area (Å²) < 4.78 is 14.4. The summed E-state index contributed by atoms with van der Waals surface area (Å²) in [5.74, 6) is 0. The Morgan fingerprint density at radius 2 is 0.308 bits per heavy atom. The molecule has 28 rings (SSSR count). The van der Waals surface area contributed by atoms with Crippen LogP contribution in [-0.2, 0) is 0 Å². The standard InChI is InChI=1S/2C44H28N2.C36H24N2/c1-3-15-33-29(11-1)13-9-21-39(33)45-41-19-7-5-17-35(41)37-27-31(23-25-43(37)45)32-24-26-44-38(28-32)36-18-6-8-20-42(36)46(44)40-22-10-14-30-12-2-4-16-34(30)40;1-3-11-31-25-35(21-17-29(31)9-1)45-41-15-7-5-13-37(41)39-27-33(19-23-43(39)45)34-20-24-44-40(28-34)38-14-6-8-16-42(38)46(44)36-22-18-30-10-2-4-12-32(30)26-36;1-3-11-27(12-4-1)37-33-17-9-7-15-29(33)31-23-25(19-21-35(31)37)26-20-22-36-32(24-26)30-16-8-10-18-34(30)38(36)28-13-5-2-6-14-28/h2*1-28H;1-24H. The number of fused-ring (bicyclic) bond motifs is 22. The van der Waals surface area contributed by atoms with Crippen LogP contribution in [0.1, 0.15) is 0 Å². The average molecular weight is 1650 g/mol. The molecule has 0 spiro atoms. The van der Waals surface area contributed by atoms with Gasteiger partial charge in [-0.25, -0.2) is 0 Å². The molecule has 0 amide bonds. The van der Waals surface area contributed by atoms with Crippen LogP contribution >= 0.6 is 0 Å². The van der Waals surface area contributed by atoms with Crippen LogP contribution < -0.4 is 0 Å². The predicted molar refractivity (Wildman–Crippen MR) is 552 cm³/mol. The van der Waals surface area contributed by atoms with Crippen LogP contribution in [0.3, 0.4) is 0 Å². The van der Waals surface area contributed by atoms with Gasteiger partial charge in [-0.2, -0.15) is 0 Å². The Hall–Kier alpha value is -17.3. The minimum atomic E-state index is 1.18. The normalized spacial score (nSPS) is 11.8. The molecule has 0 saturated heterocycles. The first kappa shape index (κ1) is 74.1. The lowest BCUT2D eigenvalue weighted by molar-refractivity contribution is 1.18. The highest BCUT2D eigenvalue weighted by atomic mass is 15.0. The van der Waals surface area contributed by atoms with E-state index in [9.17, 15) is 0 Å². The molecule has 0 aliphatic carbocycles. The fourth-order valence-corrected chi connectivity index (χ4v) is 21.1. The van der Waals surface area contributed by atoms with Crippen LogP contribution in [0.4, 0.5) is 0 Å². The van der Waals surface area contributed by atoms with E-state index in [1.807, 2.05) is 0 Å². The molecule has 0 unspecified atom stereocenters. The van der Waals surface area contributed by atoms with E-state index in [4.69, 9.17) is 0 Å². The van der Waals surface area contributed by atoms with E-state index >= 15 is 0 Å². The van der Waals surface area contributed by atoms with Gasteiger partial charge in [0.25, 0.3) is 0 Å². The van der Waals surface area contributed by atoms with Crippen LogP contribution in [-0.4, -0.2) is 27.4 Å². The summed E-state index contributed by atoms with van der Waals surface area (Å²) >= 11 is 0. The fraction of sp³-hybridized carbons (Fsp3) is 0. The zero-order valence-electron chi connectivity index (χ0n) is 70.9. The molecule has 6 heterocycles. The maximum Gasteiger partial charge on any atom is 0.0541 e. The van der Waals surface area contributed by atoms with Gasteiger partial charge >= 0.3 is 0 Å². The van der Waals surface area contributed by atoms with Crippen molar-refractivity contribution in [3.05, 3.63) is 485 Å². The maximum atomic E-state index is 2.43. The van der Waals surface area contributed by atoms with Crippen molar-refractivity contribution < 1.29 is 0 Å². The van der Waals surface area contributed by atoms with Gasteiger partial charge in [-0.05, 0) is 236 Å². The smallest absolute Gasteiger partial charge is 0.0541 e. The van der Waals surface area contributed by atoms with Crippen molar-refractivity contribution in [2.45, 2.75) is 0 Å². The molecular formula is C124H80N6. The van der Waals surface area contributed by atoms with Crippen LogP contribution in [0.15, 0.2) is 485 Å². The Labute approximate surface area is 748 Å². The highest BCUT2D eigenvalue weighted by molar-refractivity contribution is 6.18. The molecule has 0 aliphatic heterocycles. The van der Waals surface area contributed by atoms with Crippen molar-refractivity contribution in [2.75, 3.05) is 0 Å². The van der Waals surface area contributed by atoms with Gasteiger partial charge in [-0.3, -0.25) is 0 Å². The molecule has 130 heavy (non-hydrogen) atoms. The summed E-state index contributed by atoms with van der Waals surface area (Å²) in [6.45, 7) is 0. The van der Waals surface area contributed by atoms with E-state index in [0.29, 0.717) is 0 Å².